The standard InChI is InChI=1S/C20H19N5O3/c26-16-4-3-13-18(27)17(10-15-12-2-1-5-22-20(12)24-23-15)28-19(13)14(16)11-25-8-6-21-7-9-25/h1-5,10,21,26H,6-9,11H2,(H,22,23,24)/b17-10-. The Morgan fingerprint density at radius 1 is 1.25 bits per heavy atom. The van der Waals surface area contributed by atoms with Gasteiger partial charge in [-0.25, -0.2) is 4.98 Å². The number of benzene rings is 1. The van der Waals surface area contributed by atoms with Crippen LogP contribution in [0, 0.1) is 0 Å². The van der Waals surface area contributed by atoms with Gasteiger partial charge < -0.3 is 15.2 Å². The smallest absolute Gasteiger partial charge is 0.232 e. The molecule has 8 nitrogen and oxygen atoms in total. The van der Waals surface area contributed by atoms with E-state index >= 15 is 0 Å². The van der Waals surface area contributed by atoms with Crippen molar-refractivity contribution in [2.45, 2.75) is 6.54 Å². The van der Waals surface area contributed by atoms with E-state index in [1.54, 1.807) is 24.4 Å². The number of aromatic nitrogens is 3. The van der Waals surface area contributed by atoms with Crippen LogP contribution in [-0.4, -0.2) is 57.2 Å². The number of H-pyrrole nitrogens is 1. The molecule has 2 aromatic heterocycles. The molecule has 3 aromatic rings. The number of hydrogen-bond donors (Lipinski definition) is 3. The number of aromatic amines is 1. The first-order valence-electron chi connectivity index (χ1n) is 9.22. The average Bonchev–Trinajstić information content (AvgIpc) is 3.27. The zero-order valence-electron chi connectivity index (χ0n) is 15.1. The maximum absolute atomic E-state index is 12.9. The number of nitrogens with zero attached hydrogens (tertiary/aromatic N) is 3. The second-order valence-electron chi connectivity index (χ2n) is 6.91. The molecule has 142 valence electrons. The van der Waals surface area contributed by atoms with Crippen molar-refractivity contribution in [3.63, 3.8) is 0 Å². The van der Waals surface area contributed by atoms with Crippen molar-refractivity contribution >= 4 is 22.9 Å². The minimum Gasteiger partial charge on any atom is -0.507 e. The number of phenols is 1. The molecule has 5 rings (SSSR count). The van der Waals surface area contributed by atoms with Crippen molar-refractivity contribution < 1.29 is 14.6 Å². The van der Waals surface area contributed by atoms with Gasteiger partial charge in [-0.1, -0.05) is 0 Å². The quantitative estimate of drug-likeness (QED) is 0.597. The number of ketones is 1. The van der Waals surface area contributed by atoms with Gasteiger partial charge in [0.05, 0.1) is 16.8 Å². The Labute approximate surface area is 160 Å². The average molecular weight is 377 g/mol. The van der Waals surface area contributed by atoms with Crippen molar-refractivity contribution in [1.82, 2.24) is 25.4 Å². The number of carbonyl (C=O) groups is 1. The summed E-state index contributed by atoms with van der Waals surface area (Å²) in [6.07, 6.45) is 3.30. The summed E-state index contributed by atoms with van der Waals surface area (Å²) in [7, 11) is 0. The molecule has 1 saturated heterocycles. The highest BCUT2D eigenvalue weighted by Gasteiger charge is 2.32. The summed E-state index contributed by atoms with van der Waals surface area (Å²) in [6, 6.07) is 6.87. The summed E-state index contributed by atoms with van der Waals surface area (Å²) in [6.45, 7) is 4.10. The van der Waals surface area contributed by atoms with Crippen LogP contribution < -0.4 is 10.1 Å². The van der Waals surface area contributed by atoms with E-state index in [-0.39, 0.29) is 17.3 Å². The van der Waals surface area contributed by atoms with E-state index in [0.717, 1.165) is 31.6 Å². The Hall–Kier alpha value is -3.23. The number of allylic oxidation sites excluding steroid dienone is 1. The zero-order valence-corrected chi connectivity index (χ0v) is 15.1. The fourth-order valence-corrected chi connectivity index (χ4v) is 3.65. The highest BCUT2D eigenvalue weighted by molar-refractivity contribution is 6.15. The van der Waals surface area contributed by atoms with Crippen molar-refractivity contribution in [3.8, 4) is 11.5 Å². The largest absolute Gasteiger partial charge is 0.507 e. The summed E-state index contributed by atoms with van der Waals surface area (Å²) in [5.41, 5.74) is 2.35. The lowest BCUT2D eigenvalue weighted by Gasteiger charge is -2.27. The third-order valence-electron chi connectivity index (χ3n) is 5.14. The Morgan fingerprint density at radius 3 is 2.96 bits per heavy atom. The maximum atomic E-state index is 12.9. The van der Waals surface area contributed by atoms with Crippen LogP contribution in [0.15, 0.2) is 36.2 Å². The van der Waals surface area contributed by atoms with Crippen LogP contribution >= 0.6 is 0 Å². The topological polar surface area (TPSA) is 103 Å². The van der Waals surface area contributed by atoms with Gasteiger partial charge >= 0.3 is 0 Å². The van der Waals surface area contributed by atoms with Crippen molar-refractivity contribution in [3.05, 3.63) is 53.0 Å². The minimum atomic E-state index is -0.211. The molecule has 1 fully saturated rings. The lowest BCUT2D eigenvalue weighted by Crippen LogP contribution is -2.42. The first-order valence-corrected chi connectivity index (χ1v) is 9.22. The van der Waals surface area contributed by atoms with Crippen LogP contribution in [-0.2, 0) is 6.54 Å². The molecule has 0 spiro atoms. The highest BCUT2D eigenvalue weighted by Crippen LogP contribution is 2.40. The maximum Gasteiger partial charge on any atom is 0.232 e. The number of phenolic OH excluding ortho intramolecular Hbond substituents is 1. The van der Waals surface area contributed by atoms with Crippen LogP contribution in [0.5, 0.6) is 11.5 Å². The Kier molecular flexibility index (Phi) is 4.07. The SMILES string of the molecule is O=C1/C(=C/c2n[nH]c3ncccc23)Oc2c1ccc(O)c2CN1CCNCC1. The molecule has 0 bridgehead atoms. The second-order valence-corrected chi connectivity index (χ2v) is 6.91. The van der Waals surface area contributed by atoms with E-state index in [9.17, 15) is 9.90 Å². The molecule has 2 aliphatic rings. The van der Waals surface area contributed by atoms with E-state index in [1.807, 2.05) is 12.1 Å². The van der Waals surface area contributed by atoms with E-state index in [0.29, 0.717) is 34.8 Å². The van der Waals surface area contributed by atoms with E-state index in [1.165, 1.54) is 0 Å². The molecule has 0 radical (unpaired) electrons. The van der Waals surface area contributed by atoms with Crippen LogP contribution in [0.2, 0.25) is 0 Å². The molecule has 1 aromatic carbocycles. The molecule has 0 amide bonds. The Balaban J connectivity index is 1.50. The molecule has 0 unspecified atom stereocenters. The molecule has 0 saturated carbocycles. The normalized spacial score (nSPS) is 18.6. The number of piperazine rings is 1. The highest BCUT2D eigenvalue weighted by atomic mass is 16.5. The lowest BCUT2D eigenvalue weighted by molar-refractivity contribution is 0.101. The minimum absolute atomic E-state index is 0.140. The number of ether oxygens (including phenoxy) is 1. The number of pyridine rings is 1. The summed E-state index contributed by atoms with van der Waals surface area (Å²) < 4.78 is 5.93. The van der Waals surface area contributed by atoms with Gasteiger partial charge in [-0.3, -0.25) is 14.8 Å². The molecule has 3 N–H and O–H groups in total. The molecule has 28 heavy (non-hydrogen) atoms. The van der Waals surface area contributed by atoms with Gasteiger partial charge in [0.1, 0.15) is 11.5 Å². The number of Topliss-reactive ketones (excluding diaryl/α,β-unsaturated/α-hetero) is 1. The predicted octanol–water partition coefficient (Wildman–Crippen LogP) is 1.68. The lowest BCUT2D eigenvalue weighted by atomic mass is 10.0. The summed E-state index contributed by atoms with van der Waals surface area (Å²) in [5.74, 6) is 0.560. The third-order valence-corrected chi connectivity index (χ3v) is 5.14. The van der Waals surface area contributed by atoms with Gasteiger partial charge in [-0.15, -0.1) is 0 Å². The molecular formula is C20H19N5O3. The monoisotopic (exact) mass is 377 g/mol. The van der Waals surface area contributed by atoms with Gasteiger partial charge in [-0.2, -0.15) is 5.10 Å². The number of hydrogen-bond acceptors (Lipinski definition) is 7. The van der Waals surface area contributed by atoms with Gasteiger partial charge in [-0.05, 0) is 24.3 Å². The number of rotatable bonds is 3. The van der Waals surface area contributed by atoms with Crippen molar-refractivity contribution in [2.24, 2.45) is 0 Å². The van der Waals surface area contributed by atoms with Crippen LogP contribution in [0.25, 0.3) is 17.1 Å². The number of nitrogens with one attached hydrogen (secondary N) is 2. The van der Waals surface area contributed by atoms with Gasteiger partial charge in [0.15, 0.2) is 11.4 Å². The molecule has 0 atom stereocenters. The molecule has 8 heteroatoms. The zero-order chi connectivity index (χ0) is 19.1. The van der Waals surface area contributed by atoms with E-state index in [4.69, 9.17) is 4.74 Å². The van der Waals surface area contributed by atoms with Crippen LogP contribution in [0.1, 0.15) is 21.6 Å². The first-order chi connectivity index (χ1) is 13.7. The second kappa shape index (κ2) is 6.74. The van der Waals surface area contributed by atoms with Gasteiger partial charge in [0.2, 0.25) is 5.78 Å². The first kappa shape index (κ1) is 16.9. The number of aromatic hydroxyl groups is 1. The molecule has 4 heterocycles. The van der Waals surface area contributed by atoms with Crippen LogP contribution in [0.3, 0.4) is 0 Å². The number of fused-ring (bicyclic) bond motifs is 2. The third kappa shape index (κ3) is 2.83. The van der Waals surface area contributed by atoms with Gasteiger partial charge in [0.25, 0.3) is 0 Å². The molecular weight excluding hydrogens is 358 g/mol. The van der Waals surface area contributed by atoms with Crippen LogP contribution in [0.4, 0.5) is 0 Å². The van der Waals surface area contributed by atoms with E-state index < -0.39 is 0 Å². The fraction of sp³-hybridized carbons (Fsp3) is 0.250. The fourth-order valence-electron chi connectivity index (χ4n) is 3.65. The summed E-state index contributed by atoms with van der Waals surface area (Å²) in [4.78, 5) is 19.3. The summed E-state index contributed by atoms with van der Waals surface area (Å²) in [5, 5.41) is 21.6. The van der Waals surface area contributed by atoms with Crippen molar-refractivity contribution in [2.75, 3.05) is 26.2 Å². The van der Waals surface area contributed by atoms with Crippen molar-refractivity contribution in [1.29, 1.82) is 0 Å². The Bertz CT molecular complexity index is 1100. The Morgan fingerprint density at radius 2 is 2.11 bits per heavy atom. The van der Waals surface area contributed by atoms with Gasteiger partial charge in [0, 0.05) is 50.4 Å². The summed E-state index contributed by atoms with van der Waals surface area (Å²) >= 11 is 0. The molecule has 2 aliphatic heterocycles. The molecule has 0 aliphatic carbocycles. The number of carbonyl (C=O) groups excluding carboxylic acids is 1. The predicted molar refractivity (Wildman–Crippen MR) is 103 cm³/mol. The van der Waals surface area contributed by atoms with E-state index in [2.05, 4.69) is 25.4 Å².